The molecule has 1 aliphatic rings. The van der Waals surface area contributed by atoms with Gasteiger partial charge in [0, 0.05) is 36.6 Å². The third-order valence-corrected chi connectivity index (χ3v) is 5.05. The van der Waals surface area contributed by atoms with E-state index in [0.717, 1.165) is 24.4 Å². The van der Waals surface area contributed by atoms with E-state index in [-0.39, 0.29) is 17.7 Å². The maximum absolute atomic E-state index is 12.5. The molecule has 8 nitrogen and oxygen atoms in total. The minimum atomic E-state index is -0.195. The quantitative estimate of drug-likeness (QED) is 0.809. The topological polar surface area (TPSA) is 93.7 Å². The van der Waals surface area contributed by atoms with Crippen molar-refractivity contribution in [3.05, 3.63) is 34.8 Å². The molecule has 1 fully saturated rings. The van der Waals surface area contributed by atoms with Gasteiger partial charge in [0.25, 0.3) is 11.8 Å². The average Bonchev–Trinajstić information content (AvgIpc) is 3.26. The van der Waals surface area contributed by atoms with Crippen molar-refractivity contribution >= 4 is 23.3 Å². The Kier molecular flexibility index (Phi) is 6.23. The number of carbonyl (C=O) groups is 2. The van der Waals surface area contributed by atoms with E-state index in [4.69, 9.17) is 9.47 Å². The lowest BCUT2D eigenvalue weighted by Crippen LogP contribution is -2.43. The zero-order chi connectivity index (χ0) is 19.2. The van der Waals surface area contributed by atoms with Crippen molar-refractivity contribution in [1.82, 2.24) is 19.8 Å². The number of nitrogens with one attached hydrogen (secondary N) is 1. The number of aromatic nitrogens is 2. The largest absolute Gasteiger partial charge is 0.497 e. The van der Waals surface area contributed by atoms with Crippen LogP contribution in [0.25, 0.3) is 0 Å². The fourth-order valence-electron chi connectivity index (χ4n) is 3.11. The summed E-state index contributed by atoms with van der Waals surface area (Å²) < 4.78 is 14.2. The smallest absolute Gasteiger partial charge is 0.275 e. The number of benzene rings is 1. The second-order valence-corrected chi connectivity index (χ2v) is 6.97. The zero-order valence-electron chi connectivity index (χ0n) is 15.3. The predicted molar refractivity (Wildman–Crippen MR) is 100 cm³/mol. The first-order chi connectivity index (χ1) is 13.1. The minimum Gasteiger partial charge on any atom is -0.497 e. The van der Waals surface area contributed by atoms with Crippen molar-refractivity contribution in [3.8, 4) is 11.5 Å². The number of ether oxygens (including phenoxy) is 2. The molecule has 9 heteroatoms. The molecule has 27 heavy (non-hydrogen) atoms. The molecule has 0 bridgehead atoms. The SMILES string of the molecule is COc1cc(OC)cc(C(=O)NC[C@H]2CCCN(C(=O)c3csnn3)C2)c1. The molecule has 1 atom stereocenters. The van der Waals surface area contributed by atoms with Crippen molar-refractivity contribution < 1.29 is 19.1 Å². The molecule has 0 saturated carbocycles. The molecule has 0 spiro atoms. The Morgan fingerprint density at radius 2 is 2.00 bits per heavy atom. The molecule has 1 N–H and O–H groups in total. The Labute approximate surface area is 161 Å². The molecule has 144 valence electrons. The summed E-state index contributed by atoms with van der Waals surface area (Å²) in [4.78, 5) is 26.7. The van der Waals surface area contributed by atoms with Crippen LogP contribution in [0.5, 0.6) is 11.5 Å². The fraction of sp³-hybridized carbons (Fsp3) is 0.444. The van der Waals surface area contributed by atoms with Gasteiger partial charge in [-0.2, -0.15) is 0 Å². The van der Waals surface area contributed by atoms with E-state index in [1.54, 1.807) is 42.7 Å². The Hall–Kier alpha value is -2.68. The monoisotopic (exact) mass is 390 g/mol. The van der Waals surface area contributed by atoms with Crippen LogP contribution in [0.1, 0.15) is 33.7 Å². The van der Waals surface area contributed by atoms with Gasteiger partial charge in [-0.1, -0.05) is 4.49 Å². The van der Waals surface area contributed by atoms with E-state index in [0.29, 0.717) is 42.4 Å². The van der Waals surface area contributed by atoms with Crippen molar-refractivity contribution in [2.24, 2.45) is 5.92 Å². The van der Waals surface area contributed by atoms with Gasteiger partial charge in [-0.05, 0) is 42.4 Å². The van der Waals surface area contributed by atoms with Crippen LogP contribution >= 0.6 is 11.5 Å². The van der Waals surface area contributed by atoms with Crippen LogP contribution < -0.4 is 14.8 Å². The van der Waals surface area contributed by atoms with Crippen molar-refractivity contribution in [1.29, 1.82) is 0 Å². The van der Waals surface area contributed by atoms with Gasteiger partial charge in [0.2, 0.25) is 0 Å². The van der Waals surface area contributed by atoms with Gasteiger partial charge in [-0.15, -0.1) is 5.10 Å². The molecular formula is C18H22N4O4S. The highest BCUT2D eigenvalue weighted by atomic mass is 32.1. The highest BCUT2D eigenvalue weighted by molar-refractivity contribution is 7.03. The third kappa shape index (κ3) is 4.73. The van der Waals surface area contributed by atoms with Gasteiger partial charge in [0.05, 0.1) is 14.2 Å². The van der Waals surface area contributed by atoms with Crippen LogP contribution in [-0.4, -0.2) is 60.2 Å². The van der Waals surface area contributed by atoms with Gasteiger partial charge in [0.1, 0.15) is 11.5 Å². The normalized spacial score (nSPS) is 16.7. The molecule has 2 amide bonds. The number of methoxy groups -OCH3 is 2. The van der Waals surface area contributed by atoms with Crippen LogP contribution in [0.4, 0.5) is 0 Å². The lowest BCUT2D eigenvalue weighted by Gasteiger charge is -2.32. The van der Waals surface area contributed by atoms with Crippen LogP contribution in [0, 0.1) is 5.92 Å². The summed E-state index contributed by atoms with van der Waals surface area (Å²) in [5.41, 5.74) is 0.858. The van der Waals surface area contributed by atoms with E-state index in [2.05, 4.69) is 14.9 Å². The predicted octanol–water partition coefficient (Wildman–Crippen LogP) is 1.84. The van der Waals surface area contributed by atoms with Crippen LogP contribution in [0.15, 0.2) is 23.6 Å². The highest BCUT2D eigenvalue weighted by Crippen LogP contribution is 2.23. The fourth-order valence-corrected chi connectivity index (χ4v) is 3.54. The van der Waals surface area contributed by atoms with E-state index in [1.807, 2.05) is 0 Å². The number of hydrogen-bond donors (Lipinski definition) is 1. The van der Waals surface area contributed by atoms with Gasteiger partial charge >= 0.3 is 0 Å². The summed E-state index contributed by atoms with van der Waals surface area (Å²) in [6, 6.07) is 5.06. The van der Waals surface area contributed by atoms with Crippen molar-refractivity contribution in [2.75, 3.05) is 33.9 Å². The standard InChI is InChI=1S/C18H22N4O4S/c1-25-14-6-13(7-15(8-14)26-2)17(23)19-9-12-4-3-5-22(10-12)18(24)16-11-27-21-20-16/h6-8,11-12H,3-5,9-10H2,1-2H3,(H,19,23)/t12-/m1/s1. The van der Waals surface area contributed by atoms with Crippen molar-refractivity contribution in [3.63, 3.8) is 0 Å². The third-order valence-electron chi connectivity index (χ3n) is 4.55. The maximum atomic E-state index is 12.5. The van der Waals surface area contributed by atoms with Crippen molar-refractivity contribution in [2.45, 2.75) is 12.8 Å². The number of carbonyl (C=O) groups excluding carboxylic acids is 2. The lowest BCUT2D eigenvalue weighted by atomic mass is 9.97. The summed E-state index contributed by atoms with van der Waals surface area (Å²) in [6.45, 7) is 1.80. The number of likely N-dealkylation sites (tertiary alicyclic amines) is 1. The number of piperidine rings is 1. The second kappa shape index (κ2) is 8.81. The first-order valence-electron chi connectivity index (χ1n) is 8.68. The molecule has 1 aromatic heterocycles. The molecule has 0 aliphatic carbocycles. The number of rotatable bonds is 6. The molecule has 0 radical (unpaired) electrons. The molecule has 2 aromatic rings. The molecule has 1 saturated heterocycles. The minimum absolute atomic E-state index is 0.0997. The zero-order valence-corrected chi connectivity index (χ0v) is 16.1. The maximum Gasteiger partial charge on any atom is 0.275 e. The molecule has 1 aromatic carbocycles. The highest BCUT2D eigenvalue weighted by Gasteiger charge is 2.26. The number of nitrogens with zero attached hydrogens (tertiary/aromatic N) is 3. The van der Waals surface area contributed by atoms with E-state index in [1.165, 1.54) is 0 Å². The van der Waals surface area contributed by atoms with E-state index < -0.39 is 0 Å². The summed E-state index contributed by atoms with van der Waals surface area (Å²) >= 11 is 1.16. The molecule has 1 aliphatic heterocycles. The van der Waals surface area contributed by atoms with Gasteiger partial charge in [-0.3, -0.25) is 9.59 Å². The van der Waals surface area contributed by atoms with E-state index in [9.17, 15) is 9.59 Å². The first-order valence-corrected chi connectivity index (χ1v) is 9.52. The van der Waals surface area contributed by atoms with Gasteiger partial charge in [0.15, 0.2) is 5.69 Å². The van der Waals surface area contributed by atoms with Crippen LogP contribution in [0.3, 0.4) is 0 Å². The summed E-state index contributed by atoms with van der Waals surface area (Å²) in [5.74, 6) is 1.03. The lowest BCUT2D eigenvalue weighted by molar-refractivity contribution is 0.0665. The Morgan fingerprint density at radius 1 is 1.26 bits per heavy atom. The van der Waals surface area contributed by atoms with Gasteiger partial charge in [-0.25, -0.2) is 0 Å². The van der Waals surface area contributed by atoms with Crippen LogP contribution in [0.2, 0.25) is 0 Å². The molecule has 2 heterocycles. The molecule has 0 unspecified atom stereocenters. The first kappa shape index (κ1) is 19.1. The number of hydrogen-bond acceptors (Lipinski definition) is 7. The summed E-state index contributed by atoms with van der Waals surface area (Å²) in [5, 5.41) is 8.46. The Bertz CT molecular complexity index is 774. The van der Waals surface area contributed by atoms with Gasteiger partial charge < -0.3 is 19.7 Å². The molecule has 3 rings (SSSR count). The average molecular weight is 390 g/mol. The Morgan fingerprint density at radius 3 is 2.63 bits per heavy atom. The molecular weight excluding hydrogens is 368 g/mol. The summed E-state index contributed by atoms with van der Waals surface area (Å²) in [7, 11) is 3.09. The summed E-state index contributed by atoms with van der Waals surface area (Å²) in [6.07, 6.45) is 1.86. The Balaban J connectivity index is 1.58. The van der Waals surface area contributed by atoms with E-state index >= 15 is 0 Å². The second-order valence-electron chi connectivity index (χ2n) is 6.36. The van der Waals surface area contributed by atoms with Crippen LogP contribution in [-0.2, 0) is 0 Å². The number of amides is 2.